The van der Waals surface area contributed by atoms with Gasteiger partial charge in [0.1, 0.15) is 17.4 Å². The minimum atomic E-state index is -0.279. The van der Waals surface area contributed by atoms with Gasteiger partial charge in [-0.1, -0.05) is 76.1 Å². The SMILES string of the molecule is CCOC(=O)Cc1ccc(OC/C=C(/c2ccc(Br)cc2)c2cnc(-c3ccccc3)s2)c(Cl)c1. The molecular formula is C28H23BrClNO3S. The van der Waals surface area contributed by atoms with Gasteiger partial charge in [-0.2, -0.15) is 0 Å². The highest BCUT2D eigenvalue weighted by Gasteiger charge is 2.12. The lowest BCUT2D eigenvalue weighted by atomic mass is 10.0. The summed E-state index contributed by atoms with van der Waals surface area (Å²) in [5, 5.41) is 1.42. The van der Waals surface area contributed by atoms with Crippen LogP contribution in [0.1, 0.15) is 22.9 Å². The molecule has 0 atom stereocenters. The first-order valence-electron chi connectivity index (χ1n) is 11.1. The summed E-state index contributed by atoms with van der Waals surface area (Å²) in [6.45, 7) is 2.46. The van der Waals surface area contributed by atoms with Gasteiger partial charge in [-0.05, 0) is 54.0 Å². The molecule has 178 valence electrons. The highest BCUT2D eigenvalue weighted by Crippen LogP contribution is 2.33. The van der Waals surface area contributed by atoms with Crippen molar-refractivity contribution < 1.29 is 14.3 Å². The maximum absolute atomic E-state index is 11.7. The van der Waals surface area contributed by atoms with Crippen LogP contribution in [-0.2, 0) is 16.0 Å². The Hall–Kier alpha value is -2.93. The molecule has 4 nitrogen and oxygen atoms in total. The van der Waals surface area contributed by atoms with Gasteiger partial charge in [-0.3, -0.25) is 4.79 Å². The monoisotopic (exact) mass is 567 g/mol. The predicted molar refractivity (Wildman–Crippen MR) is 146 cm³/mol. The van der Waals surface area contributed by atoms with Gasteiger partial charge in [0.15, 0.2) is 0 Å². The zero-order chi connectivity index (χ0) is 24.6. The molecule has 0 radical (unpaired) electrons. The van der Waals surface area contributed by atoms with Gasteiger partial charge >= 0.3 is 5.97 Å². The van der Waals surface area contributed by atoms with E-state index in [1.165, 1.54) is 0 Å². The summed E-state index contributed by atoms with van der Waals surface area (Å²) < 4.78 is 12.0. The molecule has 0 saturated heterocycles. The fraction of sp³-hybridized carbons (Fsp3) is 0.143. The molecule has 1 aromatic heterocycles. The van der Waals surface area contributed by atoms with Crippen LogP contribution in [0.25, 0.3) is 16.1 Å². The van der Waals surface area contributed by atoms with Crippen molar-refractivity contribution in [2.75, 3.05) is 13.2 Å². The van der Waals surface area contributed by atoms with E-state index in [4.69, 9.17) is 21.1 Å². The largest absolute Gasteiger partial charge is 0.488 e. The van der Waals surface area contributed by atoms with Crippen molar-refractivity contribution in [2.45, 2.75) is 13.3 Å². The zero-order valence-electron chi connectivity index (χ0n) is 19.0. The molecule has 0 bridgehead atoms. The van der Waals surface area contributed by atoms with E-state index in [0.29, 0.717) is 24.0 Å². The summed E-state index contributed by atoms with van der Waals surface area (Å²) >= 11 is 11.6. The number of benzene rings is 3. The number of esters is 1. The summed E-state index contributed by atoms with van der Waals surface area (Å²) in [5.74, 6) is 0.277. The van der Waals surface area contributed by atoms with Crippen molar-refractivity contribution in [2.24, 2.45) is 0 Å². The van der Waals surface area contributed by atoms with E-state index >= 15 is 0 Å². The van der Waals surface area contributed by atoms with Gasteiger partial charge < -0.3 is 9.47 Å². The van der Waals surface area contributed by atoms with E-state index in [1.807, 2.05) is 48.7 Å². The molecule has 0 unspecified atom stereocenters. The second-order valence-corrected chi connectivity index (χ2v) is 9.93. The molecule has 7 heteroatoms. The Balaban J connectivity index is 1.54. The second-order valence-electron chi connectivity index (χ2n) is 7.58. The lowest BCUT2D eigenvalue weighted by molar-refractivity contribution is -0.142. The molecule has 0 amide bonds. The molecule has 0 aliphatic heterocycles. The van der Waals surface area contributed by atoms with E-state index in [1.54, 1.807) is 30.4 Å². The summed E-state index contributed by atoms with van der Waals surface area (Å²) in [5.41, 5.74) is 3.97. The van der Waals surface area contributed by atoms with E-state index in [0.717, 1.165) is 36.6 Å². The van der Waals surface area contributed by atoms with Crippen LogP contribution in [0.5, 0.6) is 5.75 Å². The van der Waals surface area contributed by atoms with Gasteiger partial charge in [0.05, 0.1) is 22.9 Å². The molecule has 0 saturated carbocycles. The number of hydrogen-bond acceptors (Lipinski definition) is 5. The summed E-state index contributed by atoms with van der Waals surface area (Å²) in [4.78, 5) is 17.4. The first-order chi connectivity index (χ1) is 17.0. The van der Waals surface area contributed by atoms with Crippen molar-refractivity contribution in [3.63, 3.8) is 0 Å². The number of ether oxygens (including phenoxy) is 2. The summed E-state index contributed by atoms with van der Waals surface area (Å²) in [7, 11) is 0. The lowest BCUT2D eigenvalue weighted by Crippen LogP contribution is -2.07. The quantitative estimate of drug-likeness (QED) is 0.193. The van der Waals surface area contributed by atoms with E-state index < -0.39 is 0 Å². The maximum Gasteiger partial charge on any atom is 0.310 e. The van der Waals surface area contributed by atoms with Gasteiger partial charge in [0, 0.05) is 16.2 Å². The van der Waals surface area contributed by atoms with Gasteiger partial charge in [0.2, 0.25) is 0 Å². The normalized spacial score (nSPS) is 11.3. The van der Waals surface area contributed by atoms with Crippen molar-refractivity contribution in [1.29, 1.82) is 0 Å². The van der Waals surface area contributed by atoms with Gasteiger partial charge in [0.25, 0.3) is 0 Å². The Morgan fingerprint density at radius 2 is 1.86 bits per heavy atom. The van der Waals surface area contributed by atoms with Crippen molar-refractivity contribution in [1.82, 2.24) is 4.98 Å². The number of rotatable bonds is 9. The second kappa shape index (κ2) is 12.2. The van der Waals surface area contributed by atoms with Crippen LogP contribution in [0.3, 0.4) is 0 Å². The predicted octanol–water partition coefficient (Wildman–Crippen LogP) is 7.84. The van der Waals surface area contributed by atoms with Crippen LogP contribution in [0, 0.1) is 0 Å². The molecule has 35 heavy (non-hydrogen) atoms. The molecule has 0 aliphatic carbocycles. The average molecular weight is 569 g/mol. The van der Waals surface area contributed by atoms with Crippen molar-refractivity contribution >= 4 is 50.4 Å². The highest BCUT2D eigenvalue weighted by atomic mass is 79.9. The maximum atomic E-state index is 11.7. The Morgan fingerprint density at radius 3 is 2.57 bits per heavy atom. The fourth-order valence-corrected chi connectivity index (χ4v) is 4.97. The number of aromatic nitrogens is 1. The molecule has 4 rings (SSSR count). The average Bonchev–Trinajstić information content (AvgIpc) is 3.34. The number of hydrogen-bond donors (Lipinski definition) is 0. The minimum absolute atomic E-state index is 0.177. The number of carbonyl (C=O) groups excluding carboxylic acids is 1. The summed E-state index contributed by atoms with van der Waals surface area (Å²) in [6.07, 6.45) is 4.11. The third-order valence-electron chi connectivity index (χ3n) is 5.12. The first-order valence-corrected chi connectivity index (χ1v) is 13.1. The van der Waals surface area contributed by atoms with Crippen LogP contribution < -0.4 is 4.74 Å². The molecule has 4 aromatic rings. The first kappa shape index (κ1) is 25.2. The molecule has 0 aliphatic rings. The number of carbonyl (C=O) groups is 1. The Bertz CT molecular complexity index is 1320. The molecule has 1 heterocycles. The number of nitrogens with zero attached hydrogens (tertiary/aromatic N) is 1. The van der Waals surface area contributed by atoms with E-state index in [2.05, 4.69) is 45.2 Å². The van der Waals surface area contributed by atoms with E-state index in [-0.39, 0.29) is 12.4 Å². The standard InChI is InChI=1S/C28H23BrClNO3S/c1-2-33-27(32)17-19-8-13-25(24(30)16-19)34-15-14-23(20-9-11-22(29)12-10-20)26-18-31-28(35-26)21-6-4-3-5-7-21/h3-14,16,18H,2,15,17H2,1H3/b23-14-. The molecule has 3 aromatic carbocycles. The van der Waals surface area contributed by atoms with Crippen LogP contribution in [0.15, 0.2) is 89.5 Å². The Morgan fingerprint density at radius 1 is 1.09 bits per heavy atom. The molecule has 0 spiro atoms. The van der Waals surface area contributed by atoms with Crippen LogP contribution >= 0.6 is 38.9 Å². The number of halogens is 2. The Kier molecular flexibility index (Phi) is 8.74. The number of thiazole rings is 1. The Labute approximate surface area is 222 Å². The van der Waals surface area contributed by atoms with E-state index in [9.17, 15) is 4.79 Å². The third kappa shape index (κ3) is 6.82. The van der Waals surface area contributed by atoms with Crippen LogP contribution in [0.2, 0.25) is 5.02 Å². The molecule has 0 N–H and O–H groups in total. The molecular weight excluding hydrogens is 546 g/mol. The summed E-state index contributed by atoms with van der Waals surface area (Å²) in [6, 6.07) is 23.6. The van der Waals surface area contributed by atoms with Crippen molar-refractivity contribution in [3.05, 3.63) is 111 Å². The topological polar surface area (TPSA) is 48.4 Å². The van der Waals surface area contributed by atoms with Gasteiger partial charge in [-0.15, -0.1) is 11.3 Å². The smallest absolute Gasteiger partial charge is 0.310 e. The van der Waals surface area contributed by atoms with Crippen molar-refractivity contribution in [3.8, 4) is 16.3 Å². The fourth-order valence-electron chi connectivity index (χ4n) is 3.47. The molecule has 0 fully saturated rings. The lowest BCUT2D eigenvalue weighted by Gasteiger charge is -2.10. The minimum Gasteiger partial charge on any atom is -0.488 e. The van der Waals surface area contributed by atoms with Crippen LogP contribution in [0.4, 0.5) is 0 Å². The zero-order valence-corrected chi connectivity index (χ0v) is 22.2. The third-order valence-corrected chi connectivity index (χ3v) is 7.03. The highest BCUT2D eigenvalue weighted by molar-refractivity contribution is 9.10. The van der Waals surface area contributed by atoms with Gasteiger partial charge in [-0.25, -0.2) is 4.98 Å². The van der Waals surface area contributed by atoms with Crippen LogP contribution in [-0.4, -0.2) is 24.2 Å².